The predicted molar refractivity (Wildman–Crippen MR) is 96.7 cm³/mol. The Bertz CT molecular complexity index is 755. The number of hydrogen-bond acceptors (Lipinski definition) is 3. The topological polar surface area (TPSA) is 30.5 Å². The summed E-state index contributed by atoms with van der Waals surface area (Å²) in [4.78, 5) is 0. The van der Waals surface area contributed by atoms with Crippen LogP contribution in [0, 0.1) is 19.8 Å². The highest BCUT2D eigenvalue weighted by Crippen LogP contribution is 2.51. The van der Waals surface area contributed by atoms with Gasteiger partial charge >= 0.3 is 0 Å². The molecule has 1 saturated heterocycles. The van der Waals surface area contributed by atoms with Crippen LogP contribution in [0.1, 0.15) is 47.2 Å². The number of para-hydroxylation sites is 1. The summed E-state index contributed by atoms with van der Waals surface area (Å²) in [5.74, 6) is 1.39. The molecule has 2 aliphatic rings. The molecule has 0 saturated carbocycles. The van der Waals surface area contributed by atoms with Gasteiger partial charge in [-0.25, -0.2) is 0 Å². The number of fused-ring (bicyclic) bond motifs is 3. The van der Waals surface area contributed by atoms with Crippen molar-refractivity contribution in [1.82, 2.24) is 0 Å². The van der Waals surface area contributed by atoms with E-state index in [1.165, 1.54) is 34.4 Å². The molecule has 3 atom stereocenters. The van der Waals surface area contributed by atoms with Gasteiger partial charge in [0.25, 0.3) is 0 Å². The smallest absolute Gasteiger partial charge is 0.124 e. The van der Waals surface area contributed by atoms with Crippen molar-refractivity contribution in [1.29, 1.82) is 0 Å². The quantitative estimate of drug-likeness (QED) is 0.848. The minimum absolute atomic E-state index is 0.170. The van der Waals surface area contributed by atoms with Crippen LogP contribution in [-0.2, 0) is 4.74 Å². The van der Waals surface area contributed by atoms with Crippen molar-refractivity contribution >= 4 is 5.69 Å². The number of hydrogen-bond donors (Lipinski definition) is 1. The van der Waals surface area contributed by atoms with E-state index < -0.39 is 0 Å². The molecule has 2 aliphatic heterocycles. The van der Waals surface area contributed by atoms with E-state index in [2.05, 4.69) is 43.4 Å². The van der Waals surface area contributed by atoms with E-state index in [4.69, 9.17) is 9.47 Å². The third-order valence-electron chi connectivity index (χ3n) is 5.39. The lowest BCUT2D eigenvalue weighted by Gasteiger charge is -2.44. The van der Waals surface area contributed by atoms with Crippen LogP contribution in [0.3, 0.4) is 0 Å². The first-order valence-electron chi connectivity index (χ1n) is 8.81. The van der Waals surface area contributed by atoms with Gasteiger partial charge in [-0.3, -0.25) is 0 Å². The second-order valence-electron chi connectivity index (χ2n) is 7.01. The Labute approximate surface area is 144 Å². The maximum atomic E-state index is 6.26. The molecule has 0 radical (unpaired) electrons. The zero-order valence-corrected chi connectivity index (χ0v) is 14.6. The molecule has 3 nitrogen and oxygen atoms in total. The van der Waals surface area contributed by atoms with Gasteiger partial charge in [-0.05, 0) is 38.3 Å². The fourth-order valence-corrected chi connectivity index (χ4v) is 4.38. The maximum Gasteiger partial charge on any atom is 0.124 e. The lowest BCUT2D eigenvalue weighted by Crippen LogP contribution is -2.36. The molecule has 0 spiro atoms. The lowest BCUT2D eigenvalue weighted by atomic mass is 9.76. The Balaban J connectivity index is 1.84. The molecular weight excluding hydrogens is 298 g/mol. The zero-order valence-electron chi connectivity index (χ0n) is 14.6. The van der Waals surface area contributed by atoms with Crippen molar-refractivity contribution < 1.29 is 9.47 Å². The second kappa shape index (κ2) is 6.14. The van der Waals surface area contributed by atoms with Crippen molar-refractivity contribution in [3.05, 3.63) is 58.7 Å². The van der Waals surface area contributed by atoms with E-state index >= 15 is 0 Å². The van der Waals surface area contributed by atoms with Gasteiger partial charge in [0.2, 0.25) is 0 Å². The first-order valence-corrected chi connectivity index (χ1v) is 8.81. The van der Waals surface area contributed by atoms with Crippen molar-refractivity contribution in [2.45, 2.75) is 38.8 Å². The molecule has 4 rings (SSSR count). The van der Waals surface area contributed by atoms with Gasteiger partial charge in [-0.2, -0.15) is 0 Å². The highest BCUT2D eigenvalue weighted by Gasteiger charge is 2.41. The molecule has 2 aromatic rings. The largest absolute Gasteiger partial charge is 0.496 e. The number of benzene rings is 2. The number of aryl methyl sites for hydroxylation is 2. The second-order valence-corrected chi connectivity index (χ2v) is 7.01. The maximum absolute atomic E-state index is 6.26. The number of ether oxygens (including phenoxy) is 2. The molecule has 2 aromatic carbocycles. The summed E-state index contributed by atoms with van der Waals surface area (Å²) in [5, 5.41) is 3.82. The minimum Gasteiger partial charge on any atom is -0.496 e. The van der Waals surface area contributed by atoms with E-state index in [9.17, 15) is 0 Å². The van der Waals surface area contributed by atoms with Crippen LogP contribution in [0.2, 0.25) is 0 Å². The van der Waals surface area contributed by atoms with E-state index in [1.807, 2.05) is 12.1 Å². The first-order chi connectivity index (χ1) is 11.7. The summed E-state index contributed by atoms with van der Waals surface area (Å²) in [7, 11) is 1.75. The molecule has 0 bridgehead atoms. The monoisotopic (exact) mass is 323 g/mol. The van der Waals surface area contributed by atoms with E-state index in [0.29, 0.717) is 5.92 Å². The molecule has 3 unspecified atom stereocenters. The Kier molecular flexibility index (Phi) is 3.97. The van der Waals surface area contributed by atoms with Gasteiger partial charge in [0.15, 0.2) is 0 Å². The highest BCUT2D eigenvalue weighted by atomic mass is 16.5. The molecule has 2 heterocycles. The van der Waals surface area contributed by atoms with Crippen LogP contribution in [0.4, 0.5) is 5.69 Å². The molecule has 0 aliphatic carbocycles. The van der Waals surface area contributed by atoms with Crippen molar-refractivity contribution in [2.75, 3.05) is 19.0 Å². The molecule has 3 heteroatoms. The predicted octanol–water partition coefficient (Wildman–Crippen LogP) is 4.95. The average molecular weight is 323 g/mol. The number of anilines is 1. The average Bonchev–Trinajstić information content (AvgIpc) is 2.61. The van der Waals surface area contributed by atoms with Gasteiger partial charge in [-0.15, -0.1) is 0 Å². The zero-order chi connectivity index (χ0) is 16.7. The van der Waals surface area contributed by atoms with E-state index in [0.717, 1.165) is 18.8 Å². The van der Waals surface area contributed by atoms with Crippen LogP contribution in [0.15, 0.2) is 36.4 Å². The summed E-state index contributed by atoms with van der Waals surface area (Å²) in [6.45, 7) is 5.20. The Morgan fingerprint density at radius 2 is 1.96 bits per heavy atom. The van der Waals surface area contributed by atoms with Gasteiger partial charge in [0.1, 0.15) is 5.75 Å². The number of methoxy groups -OCH3 is 1. The molecule has 0 amide bonds. The van der Waals surface area contributed by atoms with Crippen LogP contribution in [0.5, 0.6) is 5.75 Å². The molecule has 126 valence electrons. The first kappa shape index (κ1) is 15.5. The van der Waals surface area contributed by atoms with E-state index in [1.54, 1.807) is 7.11 Å². The van der Waals surface area contributed by atoms with Gasteiger partial charge < -0.3 is 14.8 Å². The summed E-state index contributed by atoms with van der Waals surface area (Å²) in [5.41, 5.74) is 6.38. The van der Waals surface area contributed by atoms with Crippen LogP contribution >= 0.6 is 0 Å². The molecule has 0 aromatic heterocycles. The number of nitrogens with one attached hydrogen (secondary N) is 1. The SMILES string of the molecule is COc1ccccc1C1Nc2c(C)cc(C)cc2C2OCCCC12. The highest BCUT2D eigenvalue weighted by molar-refractivity contribution is 5.63. The Morgan fingerprint density at radius 3 is 2.79 bits per heavy atom. The van der Waals surface area contributed by atoms with Crippen molar-refractivity contribution in [3.63, 3.8) is 0 Å². The van der Waals surface area contributed by atoms with Crippen molar-refractivity contribution in [2.24, 2.45) is 5.92 Å². The molecule has 24 heavy (non-hydrogen) atoms. The standard InChI is InChI=1S/C21H25NO2/c1-13-11-14(2)19-17(12-13)21-16(8-6-10-24-21)20(22-19)15-7-4-5-9-18(15)23-3/h4-5,7,9,11-12,16,20-22H,6,8,10H2,1-3H3. The summed E-state index contributed by atoms with van der Waals surface area (Å²) < 4.78 is 11.9. The van der Waals surface area contributed by atoms with Crippen LogP contribution in [-0.4, -0.2) is 13.7 Å². The lowest BCUT2D eigenvalue weighted by molar-refractivity contribution is -0.0383. The molecule has 1 fully saturated rings. The van der Waals surface area contributed by atoms with Crippen LogP contribution in [0.25, 0.3) is 0 Å². The third kappa shape index (κ3) is 2.48. The fraction of sp³-hybridized carbons (Fsp3) is 0.429. The summed E-state index contributed by atoms with van der Waals surface area (Å²) in [6, 6.07) is 13.1. The van der Waals surface area contributed by atoms with E-state index in [-0.39, 0.29) is 12.1 Å². The molecule has 1 N–H and O–H groups in total. The van der Waals surface area contributed by atoms with Crippen molar-refractivity contribution in [3.8, 4) is 5.75 Å². The van der Waals surface area contributed by atoms with Gasteiger partial charge in [0, 0.05) is 29.3 Å². The normalized spacial score (nSPS) is 25.4. The number of rotatable bonds is 2. The van der Waals surface area contributed by atoms with Crippen LogP contribution < -0.4 is 10.1 Å². The van der Waals surface area contributed by atoms with Gasteiger partial charge in [-0.1, -0.05) is 35.9 Å². The summed E-state index contributed by atoms with van der Waals surface area (Å²) >= 11 is 0. The Hall–Kier alpha value is -2.00. The summed E-state index contributed by atoms with van der Waals surface area (Å²) in [6.07, 6.45) is 2.46. The minimum atomic E-state index is 0.170. The van der Waals surface area contributed by atoms with Gasteiger partial charge in [0.05, 0.1) is 19.3 Å². The Morgan fingerprint density at radius 1 is 1.12 bits per heavy atom. The molecular formula is C21H25NO2. The third-order valence-corrected chi connectivity index (χ3v) is 5.39. The fourth-order valence-electron chi connectivity index (χ4n) is 4.38.